The zero-order chi connectivity index (χ0) is 24.1. The van der Waals surface area contributed by atoms with Crippen molar-refractivity contribution in [2.24, 2.45) is 0 Å². The van der Waals surface area contributed by atoms with E-state index in [4.69, 9.17) is 27.9 Å². The van der Waals surface area contributed by atoms with Crippen LogP contribution in [0.2, 0.25) is 10.0 Å². The van der Waals surface area contributed by atoms with Gasteiger partial charge >= 0.3 is 5.97 Å². The maximum absolute atomic E-state index is 12.7. The van der Waals surface area contributed by atoms with Gasteiger partial charge in [-0.3, -0.25) is 4.79 Å². The first kappa shape index (κ1) is 25.2. The van der Waals surface area contributed by atoms with Crippen molar-refractivity contribution in [3.8, 4) is 10.4 Å². The van der Waals surface area contributed by atoms with Crippen LogP contribution >= 0.6 is 34.5 Å². The van der Waals surface area contributed by atoms with Gasteiger partial charge in [0.1, 0.15) is 0 Å². The highest BCUT2D eigenvalue weighted by molar-refractivity contribution is 7.13. The van der Waals surface area contributed by atoms with Crippen LogP contribution in [0.15, 0.2) is 47.8 Å². The molecule has 8 heteroatoms. The number of amides is 1. The Kier molecular flexibility index (Phi) is 8.54. The number of carboxylic acids is 1. The summed E-state index contributed by atoms with van der Waals surface area (Å²) in [4.78, 5) is 25.5. The number of ether oxygens (including phenoxy) is 1. The fourth-order valence-electron chi connectivity index (χ4n) is 3.41. The number of carbonyl (C=O) groups is 2. The number of nitrogens with one attached hydrogen (secondary N) is 1. The molecule has 1 unspecified atom stereocenters. The van der Waals surface area contributed by atoms with Crippen LogP contribution in [-0.2, 0) is 22.5 Å². The quantitative estimate of drug-likeness (QED) is 0.353. The topological polar surface area (TPSA) is 75.6 Å². The zero-order valence-corrected chi connectivity index (χ0v) is 20.9. The summed E-state index contributed by atoms with van der Waals surface area (Å²) >= 11 is 13.7. The van der Waals surface area contributed by atoms with Crippen molar-refractivity contribution in [2.45, 2.75) is 45.9 Å². The summed E-state index contributed by atoms with van der Waals surface area (Å²) in [5.41, 5.74) is 4.16. The number of halogens is 2. The molecule has 0 saturated heterocycles. The molecular formula is C25H25Cl2NO4S. The van der Waals surface area contributed by atoms with Gasteiger partial charge in [0.2, 0.25) is 0 Å². The lowest BCUT2D eigenvalue weighted by Crippen LogP contribution is -2.29. The molecule has 5 nitrogen and oxygen atoms in total. The molecule has 2 aromatic carbocycles. The normalized spacial score (nSPS) is 12.1. The molecule has 1 aromatic heterocycles. The van der Waals surface area contributed by atoms with Crippen LogP contribution in [-0.4, -0.2) is 29.2 Å². The van der Waals surface area contributed by atoms with Crippen LogP contribution in [0.5, 0.6) is 0 Å². The molecule has 0 aliphatic carbocycles. The number of benzene rings is 2. The lowest BCUT2D eigenvalue weighted by Gasteiger charge is -2.18. The van der Waals surface area contributed by atoms with E-state index in [1.54, 1.807) is 37.3 Å². The van der Waals surface area contributed by atoms with Crippen molar-refractivity contribution in [3.05, 3.63) is 80.1 Å². The predicted octanol–water partition coefficient (Wildman–Crippen LogP) is 6.38. The molecule has 0 spiro atoms. The number of hydrogen-bond acceptors (Lipinski definition) is 4. The van der Waals surface area contributed by atoms with E-state index >= 15 is 0 Å². The monoisotopic (exact) mass is 505 g/mol. The smallest absolute Gasteiger partial charge is 0.333 e. The first-order valence-corrected chi connectivity index (χ1v) is 12.1. The predicted molar refractivity (Wildman–Crippen MR) is 133 cm³/mol. The summed E-state index contributed by atoms with van der Waals surface area (Å²) in [5.74, 6) is -1.32. The molecule has 3 aromatic rings. The van der Waals surface area contributed by atoms with Crippen LogP contribution in [0.4, 0.5) is 0 Å². The van der Waals surface area contributed by atoms with Gasteiger partial charge in [0.25, 0.3) is 5.91 Å². The number of aliphatic carboxylic acids is 1. The highest BCUT2D eigenvalue weighted by Crippen LogP contribution is 2.31. The maximum Gasteiger partial charge on any atom is 0.333 e. The number of hydrogen-bond donors (Lipinski definition) is 2. The van der Waals surface area contributed by atoms with Gasteiger partial charge in [-0.2, -0.15) is 0 Å². The first-order chi connectivity index (χ1) is 15.6. The number of carboxylic acid groups (broad SMARTS) is 1. The van der Waals surface area contributed by atoms with Crippen LogP contribution in [0, 0.1) is 6.92 Å². The second-order valence-corrected chi connectivity index (χ2v) is 9.76. The van der Waals surface area contributed by atoms with E-state index in [1.165, 1.54) is 6.07 Å². The largest absolute Gasteiger partial charge is 0.479 e. The van der Waals surface area contributed by atoms with Gasteiger partial charge in [-0.05, 0) is 72.7 Å². The molecule has 3 rings (SSSR count). The first-order valence-electron chi connectivity index (χ1n) is 10.4. The van der Waals surface area contributed by atoms with E-state index in [0.29, 0.717) is 10.6 Å². The Bertz CT molecular complexity index is 1160. The van der Waals surface area contributed by atoms with E-state index in [2.05, 4.69) is 16.8 Å². The molecule has 1 atom stereocenters. The summed E-state index contributed by atoms with van der Waals surface area (Å²) in [5, 5.41) is 15.2. The molecule has 0 fully saturated rings. The van der Waals surface area contributed by atoms with Crippen LogP contribution in [0.3, 0.4) is 0 Å². The maximum atomic E-state index is 12.7. The highest BCUT2D eigenvalue weighted by atomic mass is 35.5. The molecule has 1 heterocycles. The Labute approximate surface area is 207 Å². The highest BCUT2D eigenvalue weighted by Gasteiger charge is 2.21. The van der Waals surface area contributed by atoms with Crippen molar-refractivity contribution in [2.75, 3.05) is 0 Å². The van der Waals surface area contributed by atoms with Crippen LogP contribution < -0.4 is 5.32 Å². The second kappa shape index (κ2) is 11.2. The van der Waals surface area contributed by atoms with Crippen molar-refractivity contribution in [3.63, 3.8) is 0 Å². The number of carbonyl (C=O) groups excluding carboxylic acids is 1. The van der Waals surface area contributed by atoms with E-state index in [-0.39, 0.29) is 30.0 Å². The molecule has 0 saturated carbocycles. The average molecular weight is 506 g/mol. The molecule has 174 valence electrons. The van der Waals surface area contributed by atoms with Gasteiger partial charge in [0.05, 0.1) is 16.7 Å². The molecule has 33 heavy (non-hydrogen) atoms. The Morgan fingerprint density at radius 1 is 1.12 bits per heavy atom. The number of aryl methyl sites for hydroxylation is 1. The van der Waals surface area contributed by atoms with Crippen LogP contribution in [0.25, 0.3) is 10.4 Å². The molecule has 0 bridgehead atoms. The summed E-state index contributed by atoms with van der Waals surface area (Å²) < 4.78 is 5.56. The molecule has 0 radical (unpaired) electrons. The second-order valence-electron chi connectivity index (χ2n) is 8.00. The lowest BCUT2D eigenvalue weighted by atomic mass is 9.98. The van der Waals surface area contributed by atoms with E-state index in [1.807, 2.05) is 25.1 Å². The SMILES string of the molecule is Cc1csc(-c2ccc(CC(OC(C)C)C(=O)O)cc2CNC(=O)c2ccc(Cl)cc2Cl)c1. The molecule has 0 aliphatic rings. The third kappa shape index (κ3) is 6.81. The van der Waals surface area contributed by atoms with Crippen molar-refractivity contribution < 1.29 is 19.4 Å². The van der Waals surface area contributed by atoms with Crippen molar-refractivity contribution >= 4 is 46.4 Å². The molecule has 1 amide bonds. The fraction of sp³-hybridized carbons (Fsp3) is 0.280. The van der Waals surface area contributed by atoms with Gasteiger partial charge in [-0.15, -0.1) is 11.3 Å². The van der Waals surface area contributed by atoms with E-state index < -0.39 is 12.1 Å². The number of thiophene rings is 1. The third-order valence-electron chi connectivity index (χ3n) is 4.91. The lowest BCUT2D eigenvalue weighted by molar-refractivity contribution is -0.153. The molecule has 2 N–H and O–H groups in total. The summed E-state index contributed by atoms with van der Waals surface area (Å²) in [6.45, 7) is 5.89. The Balaban J connectivity index is 1.88. The fourth-order valence-corrected chi connectivity index (χ4v) is 4.87. The van der Waals surface area contributed by atoms with Crippen LogP contribution in [0.1, 0.15) is 40.9 Å². The van der Waals surface area contributed by atoms with E-state index in [9.17, 15) is 14.7 Å². The molecular weight excluding hydrogens is 481 g/mol. The van der Waals surface area contributed by atoms with Crippen molar-refractivity contribution in [1.82, 2.24) is 5.32 Å². The Hall–Kier alpha value is -2.38. The van der Waals surface area contributed by atoms with Gasteiger partial charge in [0, 0.05) is 22.9 Å². The standard InChI is InChI=1S/C25H25Cl2NO4S/c1-14(2)32-22(25(30)31)10-16-4-6-19(23-8-15(3)13-33-23)17(9-16)12-28-24(29)20-7-5-18(26)11-21(20)27/h4-9,11,13-14,22H,10,12H2,1-3H3,(H,28,29)(H,30,31). The minimum atomic E-state index is -1.01. The van der Waals surface area contributed by atoms with Gasteiger partial charge in [-0.25, -0.2) is 4.79 Å². The minimum Gasteiger partial charge on any atom is -0.479 e. The third-order valence-corrected chi connectivity index (χ3v) is 6.54. The zero-order valence-electron chi connectivity index (χ0n) is 18.5. The average Bonchev–Trinajstić information content (AvgIpc) is 3.17. The van der Waals surface area contributed by atoms with Gasteiger partial charge in [-0.1, -0.05) is 41.4 Å². The summed E-state index contributed by atoms with van der Waals surface area (Å²) in [7, 11) is 0. The number of rotatable bonds is 9. The van der Waals surface area contributed by atoms with Gasteiger partial charge in [0.15, 0.2) is 6.10 Å². The molecule has 0 aliphatic heterocycles. The Morgan fingerprint density at radius 2 is 1.88 bits per heavy atom. The van der Waals surface area contributed by atoms with E-state index in [0.717, 1.165) is 27.1 Å². The minimum absolute atomic E-state index is 0.206. The Morgan fingerprint density at radius 3 is 2.48 bits per heavy atom. The van der Waals surface area contributed by atoms with Gasteiger partial charge < -0.3 is 15.2 Å². The van der Waals surface area contributed by atoms with Crippen molar-refractivity contribution in [1.29, 1.82) is 0 Å². The summed E-state index contributed by atoms with van der Waals surface area (Å²) in [6.07, 6.45) is -0.932. The summed E-state index contributed by atoms with van der Waals surface area (Å²) in [6, 6.07) is 12.6.